The summed E-state index contributed by atoms with van der Waals surface area (Å²) in [6.07, 6.45) is 2.87. The zero-order chi connectivity index (χ0) is 27.8. The Balaban J connectivity index is 1.46. The average Bonchev–Trinajstić information content (AvgIpc) is 2.96. The quantitative estimate of drug-likeness (QED) is 0.438. The van der Waals surface area contributed by atoms with Crippen molar-refractivity contribution < 1.29 is 13.2 Å². The third-order valence-corrected chi connectivity index (χ3v) is 9.95. The van der Waals surface area contributed by atoms with Crippen LogP contribution < -0.4 is 4.90 Å². The van der Waals surface area contributed by atoms with Crippen LogP contribution in [-0.2, 0) is 15.7 Å². The summed E-state index contributed by atoms with van der Waals surface area (Å²) in [7, 11) is -0.532. The third kappa shape index (κ3) is 5.08. The minimum atomic E-state index is -3.54. The summed E-state index contributed by atoms with van der Waals surface area (Å²) in [5, 5.41) is 1.34. The number of pyridine rings is 1. The minimum Gasteiger partial charge on any atom is -0.370 e. The van der Waals surface area contributed by atoms with Crippen molar-refractivity contribution in [1.82, 2.24) is 18.5 Å². The van der Waals surface area contributed by atoms with Crippen molar-refractivity contribution in [3.05, 3.63) is 82.3 Å². The Bertz CT molecular complexity index is 1520. The minimum absolute atomic E-state index is 0.189. The molecule has 3 aromatic rings. The van der Waals surface area contributed by atoms with E-state index >= 15 is 0 Å². The molecule has 39 heavy (non-hydrogen) atoms. The van der Waals surface area contributed by atoms with Gasteiger partial charge >= 0.3 is 0 Å². The fourth-order valence-corrected chi connectivity index (χ4v) is 6.74. The largest absolute Gasteiger partial charge is 0.370 e. The van der Waals surface area contributed by atoms with Crippen LogP contribution in [0.5, 0.6) is 0 Å². The van der Waals surface area contributed by atoms with E-state index in [9.17, 15) is 13.2 Å². The molecule has 3 heterocycles. The number of aromatic nitrogens is 1. The second-order valence-corrected chi connectivity index (χ2v) is 12.7. The molecular weight excluding hydrogens is 536 g/mol. The predicted molar refractivity (Wildman–Crippen MR) is 153 cm³/mol. The molecule has 2 aliphatic heterocycles. The zero-order valence-corrected chi connectivity index (χ0v) is 23.6. The van der Waals surface area contributed by atoms with Gasteiger partial charge in [-0.3, -0.25) is 9.78 Å². The lowest BCUT2D eigenvalue weighted by Crippen LogP contribution is -2.53. The zero-order valence-electron chi connectivity index (χ0n) is 22.0. The standard InChI is InChI=1S/C28H31ClN6O3S/c1-30-28(21-7-5-4-6-8-21)11-13-33(14-12-28)26-23-19-22(29)9-10-25(23)31-20-24(26)27(36)34-15-17-35(18-16-34)39(37,38)32(2)3/h4-10,19-20H,11-18H2,2-3H3. The number of fused-ring (bicyclic) bond motifs is 1. The number of carbonyl (C=O) groups is 1. The smallest absolute Gasteiger partial charge is 0.281 e. The third-order valence-electron chi connectivity index (χ3n) is 7.78. The lowest BCUT2D eigenvalue weighted by atomic mass is 9.81. The first kappa shape index (κ1) is 27.3. The molecule has 0 radical (unpaired) electrons. The normalized spacial score (nSPS) is 18.3. The summed E-state index contributed by atoms with van der Waals surface area (Å²) >= 11 is 6.39. The second kappa shape index (κ2) is 10.7. The van der Waals surface area contributed by atoms with Gasteiger partial charge in [-0.25, -0.2) is 6.57 Å². The van der Waals surface area contributed by atoms with Crippen LogP contribution in [0.4, 0.5) is 5.69 Å². The number of benzene rings is 2. The molecular formula is C28H31ClN6O3S. The Morgan fingerprint density at radius 1 is 1.03 bits per heavy atom. The number of carbonyl (C=O) groups excluding carboxylic acids is 1. The molecule has 0 bridgehead atoms. The van der Waals surface area contributed by atoms with Crippen LogP contribution >= 0.6 is 11.6 Å². The van der Waals surface area contributed by atoms with Gasteiger partial charge in [0.2, 0.25) is 0 Å². The second-order valence-electron chi connectivity index (χ2n) is 10.2. The Hall–Kier alpha value is -3.23. The maximum atomic E-state index is 13.9. The van der Waals surface area contributed by atoms with Crippen LogP contribution in [0.2, 0.25) is 5.02 Å². The summed E-state index contributed by atoms with van der Waals surface area (Å²) in [4.78, 5) is 26.4. The van der Waals surface area contributed by atoms with Crippen molar-refractivity contribution in [1.29, 1.82) is 0 Å². The van der Waals surface area contributed by atoms with E-state index in [4.69, 9.17) is 18.2 Å². The van der Waals surface area contributed by atoms with Gasteiger partial charge in [0, 0.05) is 88.4 Å². The molecule has 2 fully saturated rings. The van der Waals surface area contributed by atoms with Gasteiger partial charge in [-0.15, -0.1) is 0 Å². The highest BCUT2D eigenvalue weighted by atomic mass is 35.5. The van der Waals surface area contributed by atoms with Gasteiger partial charge in [0.15, 0.2) is 0 Å². The highest BCUT2D eigenvalue weighted by Gasteiger charge is 2.43. The Labute approximate surface area is 234 Å². The summed E-state index contributed by atoms with van der Waals surface area (Å²) in [5.74, 6) is -0.189. The van der Waals surface area contributed by atoms with Crippen molar-refractivity contribution in [2.45, 2.75) is 18.4 Å². The summed E-state index contributed by atoms with van der Waals surface area (Å²) in [5.41, 5.74) is 2.38. The first-order valence-electron chi connectivity index (χ1n) is 12.9. The van der Waals surface area contributed by atoms with Crippen molar-refractivity contribution in [3.63, 3.8) is 0 Å². The maximum absolute atomic E-state index is 13.9. The van der Waals surface area contributed by atoms with Crippen molar-refractivity contribution in [2.24, 2.45) is 0 Å². The van der Waals surface area contributed by atoms with Crippen molar-refractivity contribution >= 4 is 44.3 Å². The molecule has 2 aromatic carbocycles. The Morgan fingerprint density at radius 2 is 1.69 bits per heavy atom. The van der Waals surface area contributed by atoms with Gasteiger partial charge in [-0.1, -0.05) is 41.9 Å². The van der Waals surface area contributed by atoms with Gasteiger partial charge in [0.05, 0.1) is 16.8 Å². The highest BCUT2D eigenvalue weighted by Crippen LogP contribution is 2.41. The molecule has 9 nitrogen and oxygen atoms in total. The van der Waals surface area contributed by atoms with Crippen LogP contribution in [-0.4, -0.2) is 86.2 Å². The fraction of sp³-hybridized carbons (Fsp3) is 0.393. The van der Waals surface area contributed by atoms with Gasteiger partial charge in [0.1, 0.15) is 0 Å². The first-order valence-corrected chi connectivity index (χ1v) is 14.7. The van der Waals surface area contributed by atoms with Gasteiger partial charge in [0.25, 0.3) is 21.7 Å². The molecule has 0 saturated carbocycles. The van der Waals surface area contributed by atoms with Gasteiger partial charge < -0.3 is 14.6 Å². The van der Waals surface area contributed by atoms with Crippen LogP contribution in [0.25, 0.3) is 15.7 Å². The summed E-state index contributed by atoms with van der Waals surface area (Å²) < 4.78 is 27.7. The van der Waals surface area contributed by atoms with E-state index < -0.39 is 15.7 Å². The molecule has 0 atom stereocenters. The van der Waals surface area contributed by atoms with Crippen LogP contribution in [0.15, 0.2) is 54.7 Å². The first-order chi connectivity index (χ1) is 18.7. The molecule has 0 spiro atoms. The molecule has 11 heteroatoms. The number of rotatable bonds is 5. The molecule has 1 amide bonds. The summed E-state index contributed by atoms with van der Waals surface area (Å²) in [6.45, 7) is 10.2. The Kier molecular flexibility index (Phi) is 7.53. The van der Waals surface area contributed by atoms with Crippen LogP contribution in [0.3, 0.4) is 0 Å². The maximum Gasteiger partial charge on any atom is 0.281 e. The van der Waals surface area contributed by atoms with Crippen LogP contribution in [0, 0.1) is 6.57 Å². The number of hydrogen-bond donors (Lipinski definition) is 0. The van der Waals surface area contributed by atoms with E-state index in [1.165, 1.54) is 22.7 Å². The fourth-order valence-electron chi connectivity index (χ4n) is 5.48. The molecule has 5 rings (SSSR count). The van der Waals surface area contributed by atoms with E-state index in [1.54, 1.807) is 17.2 Å². The lowest BCUT2D eigenvalue weighted by molar-refractivity contribution is 0.0695. The number of piperazine rings is 1. The lowest BCUT2D eigenvalue weighted by Gasteiger charge is -2.38. The number of anilines is 1. The van der Waals surface area contributed by atoms with Gasteiger partial charge in [-0.05, 0) is 18.2 Å². The molecule has 0 N–H and O–H groups in total. The van der Waals surface area contributed by atoms with E-state index in [0.29, 0.717) is 36.5 Å². The molecule has 1 aromatic heterocycles. The molecule has 2 saturated heterocycles. The average molecular weight is 567 g/mol. The molecule has 0 unspecified atom stereocenters. The highest BCUT2D eigenvalue weighted by molar-refractivity contribution is 7.86. The Morgan fingerprint density at radius 3 is 2.31 bits per heavy atom. The van der Waals surface area contributed by atoms with Crippen molar-refractivity contribution in [2.75, 3.05) is 58.3 Å². The van der Waals surface area contributed by atoms with E-state index in [1.807, 2.05) is 42.5 Å². The molecule has 2 aliphatic rings. The van der Waals surface area contributed by atoms with E-state index in [2.05, 4.69) is 14.7 Å². The SMILES string of the molecule is [C-]#[N+]C1(c2ccccc2)CCN(c2c(C(=O)N3CCN(S(=O)(=O)N(C)C)CC3)cnc3ccc(Cl)cc23)CC1. The number of hydrogen-bond acceptors (Lipinski definition) is 5. The number of amides is 1. The van der Waals surface area contributed by atoms with Gasteiger partial charge in [-0.2, -0.15) is 17.0 Å². The monoisotopic (exact) mass is 566 g/mol. The van der Waals surface area contributed by atoms with E-state index in [-0.39, 0.29) is 32.1 Å². The predicted octanol–water partition coefficient (Wildman–Crippen LogP) is 3.87. The van der Waals surface area contributed by atoms with E-state index in [0.717, 1.165) is 22.2 Å². The molecule has 204 valence electrons. The number of nitrogens with zero attached hydrogens (tertiary/aromatic N) is 6. The number of halogens is 1. The van der Waals surface area contributed by atoms with Crippen molar-refractivity contribution in [3.8, 4) is 0 Å². The van der Waals surface area contributed by atoms with Crippen LogP contribution in [0.1, 0.15) is 28.8 Å². The topological polar surface area (TPSA) is 81.4 Å². The summed E-state index contributed by atoms with van der Waals surface area (Å²) in [6, 6.07) is 15.4. The molecule has 0 aliphatic carbocycles. The number of piperidine rings is 1.